The molecule has 3 aromatic rings. The van der Waals surface area contributed by atoms with Crippen molar-refractivity contribution in [1.82, 2.24) is 4.98 Å². The average Bonchev–Trinajstić information content (AvgIpc) is 2.78. The summed E-state index contributed by atoms with van der Waals surface area (Å²) in [6.07, 6.45) is -0.586. The highest BCUT2D eigenvalue weighted by Gasteiger charge is 2.26. The van der Waals surface area contributed by atoms with Gasteiger partial charge < -0.3 is 10.0 Å². The van der Waals surface area contributed by atoms with E-state index in [1.807, 2.05) is 35.2 Å². The van der Waals surface area contributed by atoms with Crippen molar-refractivity contribution in [3.05, 3.63) is 64.7 Å². The Kier molecular flexibility index (Phi) is 4.58. The van der Waals surface area contributed by atoms with Crippen molar-refractivity contribution >= 4 is 38.2 Å². The summed E-state index contributed by atoms with van der Waals surface area (Å²) in [6, 6.07) is 14.3. The van der Waals surface area contributed by atoms with Crippen LogP contribution in [0.4, 0.5) is 5.82 Å². The van der Waals surface area contributed by atoms with E-state index in [0.717, 1.165) is 16.5 Å². The topological polar surface area (TPSA) is 70.5 Å². The van der Waals surface area contributed by atoms with E-state index in [1.165, 1.54) is 0 Å². The zero-order chi connectivity index (χ0) is 19.2. The van der Waals surface area contributed by atoms with Gasteiger partial charge in [0.1, 0.15) is 5.82 Å². The molecule has 0 radical (unpaired) electrons. The standard InChI is InChI=1S/C20H19ClN2O3S/c1-13(24)14-6-7-18-16(10-14)17(21)11-20(22-18)23-8-9-27(25,26)19-5-3-2-4-15(19)12-23/h2-7,10-11,13,24H,8-9,12H2,1H3. The molecule has 0 spiro atoms. The molecule has 2 aromatic carbocycles. The highest BCUT2D eigenvalue weighted by atomic mass is 35.5. The molecular weight excluding hydrogens is 384 g/mol. The first kappa shape index (κ1) is 18.2. The highest BCUT2D eigenvalue weighted by Crippen LogP contribution is 2.31. The molecular formula is C20H19ClN2O3S. The van der Waals surface area contributed by atoms with Crippen LogP contribution in [0.2, 0.25) is 5.02 Å². The Hall–Kier alpha value is -2.15. The van der Waals surface area contributed by atoms with Gasteiger partial charge in [0.25, 0.3) is 0 Å². The van der Waals surface area contributed by atoms with Crippen molar-refractivity contribution in [2.45, 2.75) is 24.5 Å². The SMILES string of the molecule is CC(O)c1ccc2nc(N3CCS(=O)(=O)c4ccccc4C3)cc(Cl)c2c1. The number of hydrogen-bond acceptors (Lipinski definition) is 5. The van der Waals surface area contributed by atoms with Gasteiger partial charge in [0.15, 0.2) is 9.84 Å². The van der Waals surface area contributed by atoms with Crippen LogP contribution < -0.4 is 4.90 Å². The molecule has 0 saturated carbocycles. The Labute approximate surface area is 163 Å². The minimum Gasteiger partial charge on any atom is -0.389 e. The molecule has 7 heteroatoms. The second-order valence-corrected chi connectivity index (χ2v) is 9.25. The van der Waals surface area contributed by atoms with Crippen LogP contribution in [0.5, 0.6) is 0 Å². The summed E-state index contributed by atoms with van der Waals surface area (Å²) in [5.74, 6) is 0.673. The van der Waals surface area contributed by atoms with Crippen LogP contribution in [0.1, 0.15) is 24.2 Å². The van der Waals surface area contributed by atoms with Crippen LogP contribution in [0.3, 0.4) is 0 Å². The number of sulfone groups is 1. The molecule has 0 amide bonds. The second kappa shape index (κ2) is 6.78. The number of benzene rings is 2. The molecule has 1 unspecified atom stereocenters. The molecule has 140 valence electrons. The molecule has 5 nitrogen and oxygen atoms in total. The maximum atomic E-state index is 12.6. The molecule has 0 fully saturated rings. The summed E-state index contributed by atoms with van der Waals surface area (Å²) in [5.41, 5.74) is 2.24. The minimum absolute atomic E-state index is 0.0301. The van der Waals surface area contributed by atoms with Gasteiger partial charge in [0.05, 0.1) is 27.3 Å². The molecule has 0 saturated heterocycles. The molecule has 1 N–H and O–H groups in total. The fourth-order valence-corrected chi connectivity index (χ4v) is 5.12. The first-order valence-electron chi connectivity index (χ1n) is 8.69. The summed E-state index contributed by atoms with van der Waals surface area (Å²) >= 11 is 6.49. The van der Waals surface area contributed by atoms with Crippen LogP contribution >= 0.6 is 11.6 Å². The number of aliphatic hydroxyl groups is 1. The maximum absolute atomic E-state index is 12.6. The van der Waals surface area contributed by atoms with E-state index in [4.69, 9.17) is 11.6 Å². The molecule has 1 atom stereocenters. The molecule has 4 rings (SSSR count). The highest BCUT2D eigenvalue weighted by molar-refractivity contribution is 7.91. The van der Waals surface area contributed by atoms with Crippen LogP contribution in [-0.4, -0.2) is 30.8 Å². The van der Waals surface area contributed by atoms with E-state index in [9.17, 15) is 13.5 Å². The Morgan fingerprint density at radius 2 is 1.96 bits per heavy atom. The lowest BCUT2D eigenvalue weighted by Crippen LogP contribution is -2.26. The van der Waals surface area contributed by atoms with E-state index in [1.54, 1.807) is 25.1 Å². The number of anilines is 1. The fourth-order valence-electron chi connectivity index (χ4n) is 3.37. The van der Waals surface area contributed by atoms with Crippen molar-refractivity contribution in [1.29, 1.82) is 0 Å². The van der Waals surface area contributed by atoms with E-state index in [0.29, 0.717) is 34.3 Å². The van der Waals surface area contributed by atoms with Gasteiger partial charge in [-0.15, -0.1) is 0 Å². The zero-order valence-electron chi connectivity index (χ0n) is 14.8. The quantitative estimate of drug-likeness (QED) is 0.707. The largest absolute Gasteiger partial charge is 0.389 e. The monoisotopic (exact) mass is 402 g/mol. The number of fused-ring (bicyclic) bond motifs is 2. The predicted molar refractivity (Wildman–Crippen MR) is 107 cm³/mol. The molecule has 1 aliphatic rings. The van der Waals surface area contributed by atoms with Gasteiger partial charge in [-0.25, -0.2) is 13.4 Å². The van der Waals surface area contributed by atoms with Gasteiger partial charge in [-0.1, -0.05) is 35.9 Å². The lowest BCUT2D eigenvalue weighted by atomic mass is 10.1. The van der Waals surface area contributed by atoms with Crippen LogP contribution in [0.15, 0.2) is 53.4 Å². The molecule has 0 aliphatic carbocycles. The summed E-state index contributed by atoms with van der Waals surface area (Å²) in [7, 11) is -3.32. The molecule has 0 bridgehead atoms. The average molecular weight is 403 g/mol. The lowest BCUT2D eigenvalue weighted by molar-refractivity contribution is 0.199. The number of rotatable bonds is 2. The summed E-state index contributed by atoms with van der Waals surface area (Å²) in [5, 5.41) is 11.1. The van der Waals surface area contributed by atoms with Gasteiger partial charge in [-0.2, -0.15) is 0 Å². The van der Waals surface area contributed by atoms with Gasteiger partial charge in [0, 0.05) is 18.5 Å². The van der Waals surface area contributed by atoms with Gasteiger partial charge in [-0.3, -0.25) is 0 Å². The number of pyridine rings is 1. The van der Waals surface area contributed by atoms with Crippen molar-refractivity contribution in [2.75, 3.05) is 17.2 Å². The van der Waals surface area contributed by atoms with Gasteiger partial charge in [-0.05, 0) is 42.3 Å². The third kappa shape index (κ3) is 3.40. The molecule has 27 heavy (non-hydrogen) atoms. The first-order valence-corrected chi connectivity index (χ1v) is 10.7. The van der Waals surface area contributed by atoms with Gasteiger partial charge in [0.2, 0.25) is 0 Å². The van der Waals surface area contributed by atoms with Gasteiger partial charge >= 0.3 is 0 Å². The predicted octanol–water partition coefficient (Wildman–Crippen LogP) is 3.74. The number of halogens is 1. The third-order valence-electron chi connectivity index (χ3n) is 4.87. The number of nitrogens with zero attached hydrogens (tertiary/aromatic N) is 2. The Morgan fingerprint density at radius 3 is 2.74 bits per heavy atom. The van der Waals surface area contributed by atoms with Crippen LogP contribution in [0.25, 0.3) is 10.9 Å². The summed E-state index contributed by atoms with van der Waals surface area (Å²) < 4.78 is 25.1. The van der Waals surface area contributed by atoms with E-state index in [2.05, 4.69) is 4.98 Å². The first-order chi connectivity index (χ1) is 12.8. The normalized spacial score (nSPS) is 17.4. The third-order valence-corrected chi connectivity index (χ3v) is 6.98. The number of hydrogen-bond donors (Lipinski definition) is 1. The Bertz CT molecular complexity index is 1130. The summed E-state index contributed by atoms with van der Waals surface area (Å²) in [4.78, 5) is 7.02. The fraction of sp³-hybridized carbons (Fsp3) is 0.250. The number of aromatic nitrogens is 1. The maximum Gasteiger partial charge on any atom is 0.180 e. The zero-order valence-corrected chi connectivity index (χ0v) is 16.3. The summed E-state index contributed by atoms with van der Waals surface area (Å²) in [6.45, 7) is 2.50. The van der Waals surface area contributed by atoms with Crippen LogP contribution in [-0.2, 0) is 16.4 Å². The van der Waals surface area contributed by atoms with Crippen LogP contribution in [0, 0.1) is 0 Å². The molecule has 2 heterocycles. The van der Waals surface area contributed by atoms with Crippen molar-refractivity contribution in [3.8, 4) is 0 Å². The number of aliphatic hydroxyl groups excluding tert-OH is 1. The van der Waals surface area contributed by atoms with E-state index >= 15 is 0 Å². The molecule has 1 aliphatic heterocycles. The second-order valence-electron chi connectivity index (χ2n) is 6.76. The smallest absolute Gasteiger partial charge is 0.180 e. The molecule has 1 aromatic heterocycles. The van der Waals surface area contributed by atoms with E-state index in [-0.39, 0.29) is 5.75 Å². The minimum atomic E-state index is -3.32. The van der Waals surface area contributed by atoms with Crippen molar-refractivity contribution in [2.24, 2.45) is 0 Å². The van der Waals surface area contributed by atoms with Crippen molar-refractivity contribution in [3.63, 3.8) is 0 Å². The lowest BCUT2D eigenvalue weighted by Gasteiger charge is -2.22. The Balaban J connectivity index is 1.78. The van der Waals surface area contributed by atoms with E-state index < -0.39 is 15.9 Å². The van der Waals surface area contributed by atoms with Crippen molar-refractivity contribution < 1.29 is 13.5 Å². The Morgan fingerprint density at radius 1 is 1.19 bits per heavy atom.